The highest BCUT2D eigenvalue weighted by atomic mass is 16.5. The molecular formula is C14H18N2O3. The number of methoxy groups -OCH3 is 2. The van der Waals surface area contributed by atoms with Crippen LogP contribution >= 0.6 is 0 Å². The smallest absolute Gasteiger partial charge is 0.180 e. The summed E-state index contributed by atoms with van der Waals surface area (Å²) in [5.74, 6) is 2.44. The van der Waals surface area contributed by atoms with Crippen LogP contribution in [0.5, 0.6) is 11.5 Å². The van der Waals surface area contributed by atoms with E-state index in [0.717, 1.165) is 22.8 Å². The van der Waals surface area contributed by atoms with Gasteiger partial charge in [0.2, 0.25) is 0 Å². The molecule has 0 aliphatic carbocycles. The summed E-state index contributed by atoms with van der Waals surface area (Å²) in [6, 6.07) is 5.86. The lowest BCUT2D eigenvalue weighted by molar-refractivity contribution is 0.388. The van der Waals surface area contributed by atoms with E-state index in [4.69, 9.17) is 13.9 Å². The molecule has 5 nitrogen and oxygen atoms in total. The van der Waals surface area contributed by atoms with Crippen molar-refractivity contribution in [1.82, 2.24) is 10.3 Å². The van der Waals surface area contributed by atoms with Crippen LogP contribution in [-0.2, 0) is 6.54 Å². The van der Waals surface area contributed by atoms with E-state index in [2.05, 4.69) is 17.2 Å². The van der Waals surface area contributed by atoms with E-state index in [-0.39, 0.29) is 6.04 Å². The number of benzene rings is 1. The lowest BCUT2D eigenvalue weighted by Crippen LogP contribution is -2.18. The molecule has 2 aromatic rings. The molecule has 0 spiro atoms. The molecule has 2 rings (SSSR count). The molecule has 1 atom stereocenters. The zero-order valence-electron chi connectivity index (χ0n) is 11.3. The molecule has 1 N–H and O–H groups in total. The number of oxazole rings is 1. The molecule has 0 amide bonds. The molecule has 0 fully saturated rings. The van der Waals surface area contributed by atoms with E-state index in [1.165, 1.54) is 6.39 Å². The Morgan fingerprint density at radius 1 is 1.32 bits per heavy atom. The highest BCUT2D eigenvalue weighted by Crippen LogP contribution is 2.29. The Balaban J connectivity index is 2.10. The number of nitrogens with one attached hydrogen (secondary N) is 1. The molecule has 1 aromatic heterocycles. The molecule has 0 bridgehead atoms. The van der Waals surface area contributed by atoms with Gasteiger partial charge in [-0.2, -0.15) is 0 Å². The van der Waals surface area contributed by atoms with Crippen LogP contribution in [0.2, 0.25) is 0 Å². The second kappa shape index (κ2) is 6.24. The molecule has 5 heteroatoms. The van der Waals surface area contributed by atoms with Crippen LogP contribution in [0.1, 0.15) is 24.3 Å². The summed E-state index contributed by atoms with van der Waals surface area (Å²) >= 11 is 0. The molecule has 0 aliphatic rings. The van der Waals surface area contributed by atoms with Crippen LogP contribution in [0.15, 0.2) is 35.2 Å². The first-order valence-electron chi connectivity index (χ1n) is 6.07. The van der Waals surface area contributed by atoms with E-state index in [0.29, 0.717) is 6.54 Å². The number of hydrogen-bond acceptors (Lipinski definition) is 5. The van der Waals surface area contributed by atoms with Crippen LogP contribution in [0.4, 0.5) is 0 Å². The fourth-order valence-corrected chi connectivity index (χ4v) is 1.87. The summed E-state index contributed by atoms with van der Waals surface area (Å²) in [5, 5.41) is 3.36. The lowest BCUT2D eigenvalue weighted by Gasteiger charge is -2.17. The molecular weight excluding hydrogens is 244 g/mol. The second-order valence-electron chi connectivity index (χ2n) is 4.18. The number of hydrogen-bond donors (Lipinski definition) is 1. The van der Waals surface area contributed by atoms with Crippen LogP contribution in [0.25, 0.3) is 0 Å². The van der Waals surface area contributed by atoms with Crippen LogP contribution < -0.4 is 14.8 Å². The maximum absolute atomic E-state index is 5.37. The number of aromatic nitrogens is 1. The van der Waals surface area contributed by atoms with Crippen LogP contribution in [0, 0.1) is 0 Å². The second-order valence-corrected chi connectivity index (χ2v) is 4.18. The third kappa shape index (κ3) is 3.26. The van der Waals surface area contributed by atoms with Gasteiger partial charge in [0, 0.05) is 11.6 Å². The van der Waals surface area contributed by atoms with Gasteiger partial charge in [0.25, 0.3) is 0 Å². The molecule has 0 saturated heterocycles. The molecule has 0 radical (unpaired) electrons. The van der Waals surface area contributed by atoms with Crippen molar-refractivity contribution in [2.45, 2.75) is 19.5 Å². The molecule has 1 heterocycles. The molecule has 1 aromatic carbocycles. The van der Waals surface area contributed by atoms with E-state index in [1.807, 2.05) is 18.2 Å². The third-order valence-corrected chi connectivity index (χ3v) is 2.97. The number of nitrogens with zero attached hydrogens (tertiary/aromatic N) is 1. The Bertz CT molecular complexity index is 511. The summed E-state index contributed by atoms with van der Waals surface area (Å²) in [7, 11) is 3.31. The van der Waals surface area contributed by atoms with Gasteiger partial charge < -0.3 is 19.2 Å². The van der Waals surface area contributed by atoms with Gasteiger partial charge >= 0.3 is 0 Å². The molecule has 1 unspecified atom stereocenters. The Labute approximate surface area is 112 Å². The fourth-order valence-electron chi connectivity index (χ4n) is 1.87. The van der Waals surface area contributed by atoms with Crippen molar-refractivity contribution in [2.75, 3.05) is 14.2 Å². The van der Waals surface area contributed by atoms with E-state index in [9.17, 15) is 0 Å². The van der Waals surface area contributed by atoms with E-state index < -0.39 is 0 Å². The molecule has 102 valence electrons. The highest BCUT2D eigenvalue weighted by Gasteiger charge is 2.13. The van der Waals surface area contributed by atoms with Gasteiger partial charge in [-0.25, -0.2) is 4.98 Å². The van der Waals surface area contributed by atoms with E-state index in [1.54, 1.807) is 20.4 Å². The average molecular weight is 262 g/mol. The maximum Gasteiger partial charge on any atom is 0.180 e. The van der Waals surface area contributed by atoms with Crippen molar-refractivity contribution in [3.8, 4) is 11.5 Å². The van der Waals surface area contributed by atoms with E-state index >= 15 is 0 Å². The maximum atomic E-state index is 5.37. The predicted octanol–water partition coefficient (Wildman–Crippen LogP) is 2.54. The third-order valence-electron chi connectivity index (χ3n) is 2.97. The van der Waals surface area contributed by atoms with Crippen molar-refractivity contribution in [3.05, 3.63) is 42.1 Å². The van der Waals surface area contributed by atoms with Gasteiger partial charge in [0.05, 0.1) is 27.0 Å². The van der Waals surface area contributed by atoms with Crippen LogP contribution in [0.3, 0.4) is 0 Å². The average Bonchev–Trinajstić information content (AvgIpc) is 2.97. The summed E-state index contributed by atoms with van der Waals surface area (Å²) in [5.41, 5.74) is 1.04. The number of ether oxygens (including phenoxy) is 2. The topological polar surface area (TPSA) is 56.5 Å². The zero-order chi connectivity index (χ0) is 13.7. The zero-order valence-corrected chi connectivity index (χ0v) is 11.3. The van der Waals surface area contributed by atoms with Crippen molar-refractivity contribution < 1.29 is 13.9 Å². The standard InChI is InChI=1S/C14H18N2O3/c1-10(16-8-12-7-15-9-19-12)13-6-11(17-2)4-5-14(13)18-3/h4-7,9-10,16H,8H2,1-3H3. The predicted molar refractivity (Wildman–Crippen MR) is 71.3 cm³/mol. The minimum absolute atomic E-state index is 0.107. The Hall–Kier alpha value is -2.01. The summed E-state index contributed by atoms with van der Waals surface area (Å²) in [4.78, 5) is 3.88. The quantitative estimate of drug-likeness (QED) is 0.867. The van der Waals surface area contributed by atoms with Gasteiger partial charge in [-0.15, -0.1) is 0 Å². The summed E-state index contributed by atoms with van der Waals surface area (Å²) in [6.45, 7) is 2.68. The fraction of sp³-hybridized carbons (Fsp3) is 0.357. The van der Waals surface area contributed by atoms with Crippen molar-refractivity contribution >= 4 is 0 Å². The van der Waals surface area contributed by atoms with Gasteiger partial charge in [-0.3, -0.25) is 0 Å². The van der Waals surface area contributed by atoms with Gasteiger partial charge in [0.1, 0.15) is 17.3 Å². The Morgan fingerprint density at radius 3 is 2.79 bits per heavy atom. The number of rotatable bonds is 6. The minimum atomic E-state index is 0.107. The molecule has 0 saturated carbocycles. The largest absolute Gasteiger partial charge is 0.497 e. The normalized spacial score (nSPS) is 12.2. The monoisotopic (exact) mass is 262 g/mol. The van der Waals surface area contributed by atoms with Crippen molar-refractivity contribution in [3.63, 3.8) is 0 Å². The van der Waals surface area contributed by atoms with Gasteiger partial charge in [-0.1, -0.05) is 0 Å². The minimum Gasteiger partial charge on any atom is -0.497 e. The summed E-state index contributed by atoms with van der Waals surface area (Å²) in [6.07, 6.45) is 3.12. The first-order valence-corrected chi connectivity index (χ1v) is 6.07. The Kier molecular flexibility index (Phi) is 4.41. The van der Waals surface area contributed by atoms with Crippen LogP contribution in [-0.4, -0.2) is 19.2 Å². The van der Waals surface area contributed by atoms with Crippen molar-refractivity contribution in [2.24, 2.45) is 0 Å². The summed E-state index contributed by atoms with van der Waals surface area (Å²) < 4.78 is 15.8. The van der Waals surface area contributed by atoms with Crippen molar-refractivity contribution in [1.29, 1.82) is 0 Å². The highest BCUT2D eigenvalue weighted by molar-refractivity contribution is 5.42. The first kappa shape index (κ1) is 13.4. The van der Waals surface area contributed by atoms with Gasteiger partial charge in [0.15, 0.2) is 6.39 Å². The SMILES string of the molecule is COc1ccc(OC)c(C(C)NCc2cnco2)c1. The first-order chi connectivity index (χ1) is 9.24. The van der Waals surface area contributed by atoms with Gasteiger partial charge in [-0.05, 0) is 25.1 Å². The lowest BCUT2D eigenvalue weighted by atomic mass is 10.1. The molecule has 0 aliphatic heterocycles. The molecule has 19 heavy (non-hydrogen) atoms. The Morgan fingerprint density at radius 2 is 2.16 bits per heavy atom.